The third-order valence-electron chi connectivity index (χ3n) is 3.80. The zero-order valence-electron chi connectivity index (χ0n) is 11.4. The van der Waals surface area contributed by atoms with Crippen LogP contribution in [-0.2, 0) is 16.1 Å². The number of methoxy groups -OCH3 is 1. The van der Waals surface area contributed by atoms with E-state index in [2.05, 4.69) is 5.32 Å². The Morgan fingerprint density at radius 1 is 1.47 bits per heavy atom. The molecule has 104 valence electrons. The SMILES string of the molecule is COCc1cccc(NC(=O)C2CCCC2CN)c1. The van der Waals surface area contributed by atoms with E-state index in [1.165, 1.54) is 0 Å². The van der Waals surface area contributed by atoms with Gasteiger partial charge in [0, 0.05) is 18.7 Å². The summed E-state index contributed by atoms with van der Waals surface area (Å²) in [5.74, 6) is 0.501. The third-order valence-corrected chi connectivity index (χ3v) is 3.80. The zero-order valence-corrected chi connectivity index (χ0v) is 11.4. The summed E-state index contributed by atoms with van der Waals surface area (Å²) in [5, 5.41) is 3.00. The van der Waals surface area contributed by atoms with Crippen molar-refractivity contribution in [3.63, 3.8) is 0 Å². The second-order valence-corrected chi connectivity index (χ2v) is 5.16. The number of hydrogen-bond acceptors (Lipinski definition) is 3. The van der Waals surface area contributed by atoms with Crippen LogP contribution in [0.5, 0.6) is 0 Å². The molecule has 4 nitrogen and oxygen atoms in total. The van der Waals surface area contributed by atoms with E-state index in [4.69, 9.17) is 10.5 Å². The van der Waals surface area contributed by atoms with Crippen molar-refractivity contribution in [2.45, 2.75) is 25.9 Å². The molecule has 1 fully saturated rings. The van der Waals surface area contributed by atoms with Crippen molar-refractivity contribution in [1.82, 2.24) is 0 Å². The van der Waals surface area contributed by atoms with E-state index in [0.717, 1.165) is 30.5 Å². The number of anilines is 1. The first-order valence-electron chi connectivity index (χ1n) is 6.83. The van der Waals surface area contributed by atoms with E-state index in [1.807, 2.05) is 24.3 Å². The molecule has 1 saturated carbocycles. The first-order valence-corrected chi connectivity index (χ1v) is 6.83. The third kappa shape index (κ3) is 3.55. The van der Waals surface area contributed by atoms with Gasteiger partial charge in [-0.3, -0.25) is 4.79 Å². The molecule has 19 heavy (non-hydrogen) atoms. The van der Waals surface area contributed by atoms with Crippen LogP contribution < -0.4 is 11.1 Å². The quantitative estimate of drug-likeness (QED) is 0.854. The molecule has 0 aromatic heterocycles. The van der Waals surface area contributed by atoms with Crippen LogP contribution in [0.3, 0.4) is 0 Å². The Hall–Kier alpha value is -1.39. The molecule has 2 atom stereocenters. The highest BCUT2D eigenvalue weighted by molar-refractivity contribution is 5.93. The van der Waals surface area contributed by atoms with Crippen LogP contribution in [0.4, 0.5) is 5.69 Å². The van der Waals surface area contributed by atoms with E-state index in [-0.39, 0.29) is 11.8 Å². The Morgan fingerprint density at radius 3 is 3.05 bits per heavy atom. The Morgan fingerprint density at radius 2 is 2.32 bits per heavy atom. The van der Waals surface area contributed by atoms with Gasteiger partial charge < -0.3 is 15.8 Å². The average molecular weight is 262 g/mol. The number of benzene rings is 1. The first-order chi connectivity index (χ1) is 9.24. The second-order valence-electron chi connectivity index (χ2n) is 5.16. The topological polar surface area (TPSA) is 64.3 Å². The number of amides is 1. The molecule has 0 bridgehead atoms. The number of carbonyl (C=O) groups excluding carboxylic acids is 1. The molecule has 0 heterocycles. The normalized spacial score (nSPS) is 22.4. The summed E-state index contributed by atoms with van der Waals surface area (Å²) in [6, 6.07) is 7.77. The molecule has 2 unspecified atom stereocenters. The van der Waals surface area contributed by atoms with Crippen molar-refractivity contribution < 1.29 is 9.53 Å². The molecule has 0 spiro atoms. The molecule has 1 aromatic rings. The van der Waals surface area contributed by atoms with Gasteiger partial charge in [-0.05, 0) is 43.0 Å². The molecule has 1 amide bonds. The number of ether oxygens (including phenoxy) is 1. The molecule has 4 heteroatoms. The predicted octanol–water partition coefficient (Wildman–Crippen LogP) is 2.15. The molecular weight excluding hydrogens is 240 g/mol. The van der Waals surface area contributed by atoms with Gasteiger partial charge in [0.05, 0.1) is 6.61 Å². The highest BCUT2D eigenvalue weighted by Crippen LogP contribution is 2.31. The number of carbonyl (C=O) groups is 1. The Balaban J connectivity index is 2.00. The van der Waals surface area contributed by atoms with Gasteiger partial charge in [0.2, 0.25) is 5.91 Å². The van der Waals surface area contributed by atoms with Crippen LogP contribution in [0.2, 0.25) is 0 Å². The van der Waals surface area contributed by atoms with Crippen LogP contribution in [0.25, 0.3) is 0 Å². The van der Waals surface area contributed by atoms with Crippen molar-refractivity contribution >= 4 is 11.6 Å². The van der Waals surface area contributed by atoms with E-state index < -0.39 is 0 Å². The van der Waals surface area contributed by atoms with Crippen LogP contribution in [0.15, 0.2) is 24.3 Å². The summed E-state index contributed by atoms with van der Waals surface area (Å²) in [7, 11) is 1.66. The summed E-state index contributed by atoms with van der Waals surface area (Å²) < 4.78 is 5.09. The molecule has 1 aromatic carbocycles. The van der Waals surface area contributed by atoms with Gasteiger partial charge in [0.15, 0.2) is 0 Å². The maximum atomic E-state index is 12.3. The minimum atomic E-state index is 0.0658. The summed E-state index contributed by atoms with van der Waals surface area (Å²) in [6.45, 7) is 1.15. The number of nitrogens with one attached hydrogen (secondary N) is 1. The second kappa shape index (κ2) is 6.68. The Labute approximate surface area is 114 Å². The van der Waals surface area contributed by atoms with Gasteiger partial charge in [-0.1, -0.05) is 18.6 Å². The van der Waals surface area contributed by atoms with Crippen molar-refractivity contribution in [2.75, 3.05) is 19.0 Å². The molecule has 0 saturated heterocycles. The van der Waals surface area contributed by atoms with E-state index in [9.17, 15) is 4.79 Å². The van der Waals surface area contributed by atoms with E-state index in [1.54, 1.807) is 7.11 Å². The number of rotatable bonds is 5. The fraction of sp³-hybridized carbons (Fsp3) is 0.533. The van der Waals surface area contributed by atoms with Crippen molar-refractivity contribution in [3.05, 3.63) is 29.8 Å². The fourth-order valence-corrected chi connectivity index (χ4v) is 2.80. The lowest BCUT2D eigenvalue weighted by Crippen LogP contribution is -2.29. The predicted molar refractivity (Wildman–Crippen MR) is 75.7 cm³/mol. The monoisotopic (exact) mass is 262 g/mol. The molecule has 1 aliphatic rings. The van der Waals surface area contributed by atoms with E-state index >= 15 is 0 Å². The number of hydrogen-bond donors (Lipinski definition) is 2. The maximum Gasteiger partial charge on any atom is 0.227 e. The van der Waals surface area contributed by atoms with Crippen LogP contribution in [0, 0.1) is 11.8 Å². The van der Waals surface area contributed by atoms with E-state index in [0.29, 0.717) is 19.1 Å². The van der Waals surface area contributed by atoms with Crippen molar-refractivity contribution in [2.24, 2.45) is 17.6 Å². The summed E-state index contributed by atoms with van der Waals surface area (Å²) >= 11 is 0. The summed E-state index contributed by atoms with van der Waals surface area (Å²) in [6.07, 6.45) is 3.12. The van der Waals surface area contributed by atoms with Gasteiger partial charge in [0.25, 0.3) is 0 Å². The minimum absolute atomic E-state index is 0.0658. The average Bonchev–Trinajstić information content (AvgIpc) is 2.88. The smallest absolute Gasteiger partial charge is 0.227 e. The highest BCUT2D eigenvalue weighted by atomic mass is 16.5. The molecular formula is C15H22N2O2. The van der Waals surface area contributed by atoms with Crippen molar-refractivity contribution in [1.29, 1.82) is 0 Å². The first kappa shape index (κ1) is 14.0. The molecule has 3 N–H and O–H groups in total. The van der Waals surface area contributed by atoms with Gasteiger partial charge in [-0.25, -0.2) is 0 Å². The lowest BCUT2D eigenvalue weighted by molar-refractivity contribution is -0.120. The lowest BCUT2D eigenvalue weighted by Gasteiger charge is -2.17. The van der Waals surface area contributed by atoms with Gasteiger partial charge in [-0.15, -0.1) is 0 Å². The largest absolute Gasteiger partial charge is 0.380 e. The minimum Gasteiger partial charge on any atom is -0.380 e. The molecule has 2 rings (SSSR count). The Kier molecular flexibility index (Phi) is 4.93. The van der Waals surface area contributed by atoms with Gasteiger partial charge in [-0.2, -0.15) is 0 Å². The maximum absolute atomic E-state index is 12.3. The lowest BCUT2D eigenvalue weighted by atomic mass is 9.95. The van der Waals surface area contributed by atoms with Crippen LogP contribution in [0.1, 0.15) is 24.8 Å². The molecule has 0 aliphatic heterocycles. The number of nitrogens with two attached hydrogens (primary N) is 1. The van der Waals surface area contributed by atoms with Gasteiger partial charge >= 0.3 is 0 Å². The van der Waals surface area contributed by atoms with Crippen LogP contribution >= 0.6 is 0 Å². The zero-order chi connectivity index (χ0) is 13.7. The van der Waals surface area contributed by atoms with Crippen molar-refractivity contribution in [3.8, 4) is 0 Å². The summed E-state index contributed by atoms with van der Waals surface area (Å²) in [4.78, 5) is 12.3. The molecule has 0 radical (unpaired) electrons. The fourth-order valence-electron chi connectivity index (χ4n) is 2.80. The van der Waals surface area contributed by atoms with Crippen LogP contribution in [-0.4, -0.2) is 19.6 Å². The highest BCUT2D eigenvalue weighted by Gasteiger charge is 2.31. The molecule has 1 aliphatic carbocycles. The Bertz CT molecular complexity index is 434. The van der Waals surface area contributed by atoms with Gasteiger partial charge in [0.1, 0.15) is 0 Å². The standard InChI is InChI=1S/C15H22N2O2/c1-19-10-11-4-2-6-13(8-11)17-15(18)14-7-3-5-12(14)9-16/h2,4,6,8,12,14H,3,5,7,9-10,16H2,1H3,(H,17,18). The summed E-state index contributed by atoms with van der Waals surface area (Å²) in [5.41, 5.74) is 7.62.